The fourth-order valence-electron chi connectivity index (χ4n) is 3.30. The van der Waals surface area contributed by atoms with Gasteiger partial charge in [-0.3, -0.25) is 4.99 Å². The van der Waals surface area contributed by atoms with Crippen LogP contribution in [0.4, 0.5) is 0 Å². The lowest BCUT2D eigenvalue weighted by molar-refractivity contribution is 0.594. The summed E-state index contributed by atoms with van der Waals surface area (Å²) in [5, 5.41) is 6.53. The van der Waals surface area contributed by atoms with Gasteiger partial charge in [-0.2, -0.15) is 0 Å². The fraction of sp³-hybridized carbons (Fsp3) is 0.385. The molecule has 5 nitrogen and oxygen atoms in total. The number of hydrogen-bond acceptors (Lipinski definition) is 4. The van der Waals surface area contributed by atoms with E-state index in [-0.39, 0.29) is 1.43 Å². The Morgan fingerprint density at radius 2 is 2.13 bits per heavy atom. The van der Waals surface area contributed by atoms with Crippen LogP contribution in [0.2, 0.25) is 0 Å². The number of allylic oxidation sites excluding steroid dienone is 5. The van der Waals surface area contributed by atoms with E-state index < -0.39 is 0 Å². The lowest BCUT2D eigenvalue weighted by atomic mass is 9.99. The van der Waals surface area contributed by atoms with Crippen LogP contribution in [0.1, 0.15) is 52.8 Å². The molecule has 1 aromatic carbocycles. The van der Waals surface area contributed by atoms with Crippen LogP contribution in [-0.2, 0) is 0 Å². The van der Waals surface area contributed by atoms with Gasteiger partial charge < -0.3 is 15.6 Å². The molecule has 3 N–H and O–H groups in total. The Hall–Kier alpha value is -2.92. The van der Waals surface area contributed by atoms with Gasteiger partial charge in [-0.05, 0) is 56.0 Å². The summed E-state index contributed by atoms with van der Waals surface area (Å²) in [6.07, 6.45) is 15.3. The number of H-pyrrole nitrogens is 1. The molecule has 0 saturated heterocycles. The van der Waals surface area contributed by atoms with Gasteiger partial charge in [-0.1, -0.05) is 51.6 Å². The summed E-state index contributed by atoms with van der Waals surface area (Å²) in [5.74, 6) is 1.59. The lowest BCUT2D eigenvalue weighted by Gasteiger charge is -2.18. The SMILES string of the molecule is C=Cc1ccc2nc(C3=CN=CCC3)[nH]c2c1.CC.CNCCNC1=CC=CCC1C.[HH]. The lowest BCUT2D eigenvalue weighted by Crippen LogP contribution is -2.27. The fourth-order valence-corrected chi connectivity index (χ4v) is 3.30. The normalized spacial score (nSPS) is 17.0. The first kappa shape index (κ1) is 24.4. The Bertz CT molecular complexity index is 952. The predicted octanol–water partition coefficient (Wildman–Crippen LogP) is 5.96. The summed E-state index contributed by atoms with van der Waals surface area (Å²) < 4.78 is 0. The highest BCUT2D eigenvalue weighted by Crippen LogP contribution is 2.23. The summed E-state index contributed by atoms with van der Waals surface area (Å²) in [6, 6.07) is 6.10. The van der Waals surface area contributed by atoms with Crippen LogP contribution in [0.3, 0.4) is 0 Å². The molecule has 5 heteroatoms. The van der Waals surface area contributed by atoms with E-state index in [1.54, 1.807) is 0 Å². The molecule has 0 amide bonds. The number of rotatable bonds is 6. The number of likely N-dealkylation sites (N-methyl/N-ethyl adjacent to an activating group) is 1. The van der Waals surface area contributed by atoms with Gasteiger partial charge in [0.25, 0.3) is 0 Å². The molecule has 4 rings (SSSR count). The Morgan fingerprint density at radius 3 is 2.81 bits per heavy atom. The van der Waals surface area contributed by atoms with Crippen molar-refractivity contribution in [2.45, 2.75) is 40.0 Å². The maximum Gasteiger partial charge on any atom is 0.135 e. The third-order valence-electron chi connectivity index (χ3n) is 5.06. The third-order valence-corrected chi connectivity index (χ3v) is 5.06. The molecule has 168 valence electrons. The quantitative estimate of drug-likeness (QED) is 0.504. The van der Waals surface area contributed by atoms with Crippen LogP contribution in [0.15, 0.2) is 59.9 Å². The molecule has 0 bridgehead atoms. The number of hydrogen-bond donors (Lipinski definition) is 3. The standard InChI is InChI=1S/C14H13N3.C10H18N2.C2H6.H2/c1-2-10-5-6-12-13(8-10)17-14(16-12)11-4-3-7-15-9-11;1-9-5-3-4-6-10(9)12-8-7-11-2;1-2;/h2,5-9H,1,3-4H2,(H,16,17);3-4,6,9,11-12H,5,7-8H2,1-2H3;1-2H3;1H. The van der Waals surface area contributed by atoms with E-state index >= 15 is 0 Å². The highest BCUT2D eigenvalue weighted by Gasteiger charge is 2.09. The first-order valence-corrected chi connectivity index (χ1v) is 11.3. The second kappa shape index (κ2) is 13.4. The molecule has 0 radical (unpaired) electrons. The molecule has 2 aliphatic rings. The number of aromatic amines is 1. The maximum atomic E-state index is 4.58. The first-order chi connectivity index (χ1) is 15.2. The van der Waals surface area contributed by atoms with E-state index in [1.165, 1.54) is 17.7 Å². The van der Waals surface area contributed by atoms with Gasteiger partial charge in [0, 0.05) is 38.2 Å². The first-order valence-electron chi connectivity index (χ1n) is 11.3. The minimum absolute atomic E-state index is 0. The molecule has 0 fully saturated rings. The number of nitrogens with one attached hydrogen (secondary N) is 3. The van der Waals surface area contributed by atoms with Gasteiger partial charge in [0.2, 0.25) is 0 Å². The molecule has 31 heavy (non-hydrogen) atoms. The van der Waals surface area contributed by atoms with E-state index in [2.05, 4.69) is 63.4 Å². The van der Waals surface area contributed by atoms with E-state index in [9.17, 15) is 0 Å². The Kier molecular flexibility index (Phi) is 10.5. The number of benzene rings is 1. The molecule has 1 atom stereocenters. The Balaban J connectivity index is 0.000000304. The van der Waals surface area contributed by atoms with Crippen molar-refractivity contribution in [2.75, 3.05) is 20.1 Å². The van der Waals surface area contributed by atoms with Crippen LogP contribution in [0, 0.1) is 5.92 Å². The molecule has 2 heterocycles. The molecule has 1 unspecified atom stereocenters. The van der Waals surface area contributed by atoms with Crippen molar-refractivity contribution < 1.29 is 1.43 Å². The zero-order valence-electron chi connectivity index (χ0n) is 19.4. The minimum atomic E-state index is 0. The molecular formula is C26H39N5. The Morgan fingerprint density at radius 1 is 1.29 bits per heavy atom. The van der Waals surface area contributed by atoms with Gasteiger partial charge >= 0.3 is 0 Å². The van der Waals surface area contributed by atoms with Crippen molar-refractivity contribution in [3.8, 4) is 0 Å². The summed E-state index contributed by atoms with van der Waals surface area (Å²) in [6.45, 7) is 12.1. The van der Waals surface area contributed by atoms with Crippen molar-refractivity contribution in [2.24, 2.45) is 10.9 Å². The van der Waals surface area contributed by atoms with Gasteiger partial charge in [-0.15, -0.1) is 0 Å². The summed E-state index contributed by atoms with van der Waals surface area (Å²) >= 11 is 0. The number of imidazole rings is 1. The molecule has 0 saturated carbocycles. The molecule has 2 aromatic rings. The summed E-state index contributed by atoms with van der Waals surface area (Å²) in [7, 11) is 1.97. The molecule has 1 aliphatic carbocycles. The van der Waals surface area contributed by atoms with Crippen molar-refractivity contribution in [1.29, 1.82) is 0 Å². The van der Waals surface area contributed by atoms with Crippen molar-refractivity contribution >= 4 is 28.9 Å². The van der Waals surface area contributed by atoms with E-state index in [1.807, 2.05) is 51.5 Å². The van der Waals surface area contributed by atoms with E-state index in [0.29, 0.717) is 5.92 Å². The smallest absolute Gasteiger partial charge is 0.135 e. The monoisotopic (exact) mass is 421 g/mol. The van der Waals surface area contributed by atoms with Gasteiger partial charge in [-0.25, -0.2) is 4.98 Å². The zero-order valence-corrected chi connectivity index (χ0v) is 19.4. The predicted molar refractivity (Wildman–Crippen MR) is 138 cm³/mol. The van der Waals surface area contributed by atoms with Crippen molar-refractivity contribution in [3.63, 3.8) is 0 Å². The topological polar surface area (TPSA) is 65.1 Å². The molecular weight excluding hydrogens is 382 g/mol. The zero-order chi connectivity index (χ0) is 22.5. The third kappa shape index (κ3) is 7.37. The van der Waals surface area contributed by atoms with Crippen LogP contribution in [0.25, 0.3) is 22.7 Å². The summed E-state index contributed by atoms with van der Waals surface area (Å²) in [5.41, 5.74) is 5.67. The number of aliphatic imine (C=N–C) groups is 1. The average molecular weight is 422 g/mol. The second-order valence-electron chi connectivity index (χ2n) is 7.31. The van der Waals surface area contributed by atoms with Crippen LogP contribution in [0.5, 0.6) is 0 Å². The number of nitrogens with zero attached hydrogens (tertiary/aromatic N) is 2. The Labute approximate surface area is 188 Å². The average Bonchev–Trinajstić information content (AvgIpc) is 3.26. The molecule has 1 aromatic heterocycles. The number of fused-ring (bicyclic) bond motifs is 1. The largest absolute Gasteiger partial charge is 0.387 e. The van der Waals surface area contributed by atoms with E-state index in [0.717, 1.165) is 48.4 Å². The van der Waals surface area contributed by atoms with Crippen molar-refractivity contribution in [3.05, 3.63) is 66.3 Å². The van der Waals surface area contributed by atoms with Crippen molar-refractivity contribution in [1.82, 2.24) is 20.6 Å². The molecule has 0 spiro atoms. The van der Waals surface area contributed by atoms with Gasteiger partial charge in [0.05, 0.1) is 11.0 Å². The van der Waals surface area contributed by atoms with Crippen LogP contribution in [-0.4, -0.2) is 36.3 Å². The van der Waals surface area contributed by atoms with E-state index in [4.69, 9.17) is 0 Å². The highest BCUT2D eigenvalue weighted by atomic mass is 14.9. The minimum Gasteiger partial charge on any atom is -0.387 e. The van der Waals surface area contributed by atoms with Gasteiger partial charge in [0.15, 0.2) is 0 Å². The van der Waals surface area contributed by atoms with Crippen LogP contribution < -0.4 is 10.6 Å². The maximum absolute atomic E-state index is 4.58. The molecule has 1 aliphatic heterocycles. The van der Waals surface area contributed by atoms with Crippen LogP contribution >= 0.6 is 0 Å². The number of aromatic nitrogens is 2. The highest BCUT2D eigenvalue weighted by molar-refractivity contribution is 5.82. The summed E-state index contributed by atoms with van der Waals surface area (Å²) in [4.78, 5) is 12.1. The van der Waals surface area contributed by atoms with Gasteiger partial charge in [0.1, 0.15) is 5.82 Å². The second-order valence-corrected chi connectivity index (χ2v) is 7.31.